The fourth-order valence-electron chi connectivity index (χ4n) is 4.61. The summed E-state index contributed by atoms with van der Waals surface area (Å²) >= 11 is 0. The standard InChI is InChI=1S/C28H25F2NO4/c29-21-6-7-26(23(14-21)19-4-2-1-3-5-19)34-16-18-8-10-31(11-9-18)28(33)24-13-20-12-22(32)17-35-27(20)15-25(24)30/h1-7,13-15,18H,8-12,16-17H2. The molecular formula is C28H25F2NO4. The van der Waals surface area contributed by atoms with E-state index in [1.54, 1.807) is 11.0 Å². The summed E-state index contributed by atoms with van der Waals surface area (Å²) in [5.41, 5.74) is 2.09. The fourth-order valence-corrected chi connectivity index (χ4v) is 4.61. The molecule has 0 saturated carbocycles. The van der Waals surface area contributed by atoms with Gasteiger partial charge in [0, 0.05) is 36.7 Å². The van der Waals surface area contributed by atoms with Crippen LogP contribution in [0, 0.1) is 17.6 Å². The Kier molecular flexibility index (Phi) is 6.49. The Morgan fingerprint density at radius 2 is 1.80 bits per heavy atom. The van der Waals surface area contributed by atoms with Gasteiger partial charge in [-0.3, -0.25) is 9.59 Å². The van der Waals surface area contributed by atoms with Gasteiger partial charge in [-0.25, -0.2) is 8.78 Å². The minimum Gasteiger partial charge on any atom is -0.493 e. The molecule has 2 heterocycles. The van der Waals surface area contributed by atoms with Crippen molar-refractivity contribution in [3.05, 3.63) is 83.4 Å². The molecule has 0 spiro atoms. The molecule has 5 nitrogen and oxygen atoms in total. The van der Waals surface area contributed by atoms with Crippen LogP contribution >= 0.6 is 0 Å². The van der Waals surface area contributed by atoms with Crippen LogP contribution in [0.25, 0.3) is 11.1 Å². The van der Waals surface area contributed by atoms with Crippen molar-refractivity contribution in [3.63, 3.8) is 0 Å². The predicted octanol–water partition coefficient (Wildman–Crippen LogP) is 5.07. The van der Waals surface area contributed by atoms with Gasteiger partial charge in [0.2, 0.25) is 0 Å². The van der Waals surface area contributed by atoms with E-state index >= 15 is 0 Å². The third-order valence-electron chi connectivity index (χ3n) is 6.56. The van der Waals surface area contributed by atoms with Crippen molar-refractivity contribution in [2.24, 2.45) is 5.92 Å². The number of benzene rings is 3. The highest BCUT2D eigenvalue weighted by atomic mass is 19.1. The Balaban J connectivity index is 1.21. The number of ketones is 1. The van der Waals surface area contributed by atoms with Crippen LogP contribution in [-0.2, 0) is 11.2 Å². The normalized spacial score (nSPS) is 15.9. The Bertz CT molecular complexity index is 1250. The zero-order valence-corrected chi connectivity index (χ0v) is 19.1. The lowest BCUT2D eigenvalue weighted by Gasteiger charge is -2.32. The molecule has 3 aromatic carbocycles. The molecule has 0 atom stereocenters. The average molecular weight is 478 g/mol. The van der Waals surface area contributed by atoms with E-state index in [4.69, 9.17) is 9.47 Å². The number of halogens is 2. The van der Waals surface area contributed by atoms with Crippen molar-refractivity contribution >= 4 is 11.7 Å². The second-order valence-corrected chi connectivity index (χ2v) is 9.00. The number of likely N-dealkylation sites (tertiary alicyclic amines) is 1. The number of amides is 1. The number of ether oxygens (including phenoxy) is 2. The second kappa shape index (κ2) is 9.86. The Morgan fingerprint density at radius 3 is 2.57 bits per heavy atom. The van der Waals surface area contributed by atoms with Crippen LogP contribution in [0.2, 0.25) is 0 Å². The molecule has 0 aromatic heterocycles. The second-order valence-electron chi connectivity index (χ2n) is 9.00. The van der Waals surface area contributed by atoms with Gasteiger partial charge in [0.25, 0.3) is 5.91 Å². The van der Waals surface area contributed by atoms with Gasteiger partial charge in [0.05, 0.1) is 12.2 Å². The van der Waals surface area contributed by atoms with Gasteiger partial charge >= 0.3 is 0 Å². The maximum atomic E-state index is 14.6. The Hall–Kier alpha value is -3.74. The highest BCUT2D eigenvalue weighted by molar-refractivity contribution is 5.95. The zero-order valence-electron chi connectivity index (χ0n) is 19.1. The number of fused-ring (bicyclic) bond motifs is 1. The molecule has 1 amide bonds. The molecule has 180 valence electrons. The van der Waals surface area contributed by atoms with Crippen molar-refractivity contribution in [2.75, 3.05) is 26.3 Å². The molecule has 5 rings (SSSR count). The van der Waals surface area contributed by atoms with Crippen molar-refractivity contribution in [2.45, 2.75) is 19.3 Å². The molecule has 2 aliphatic heterocycles. The molecule has 0 unspecified atom stereocenters. The van der Waals surface area contributed by atoms with Gasteiger partial charge in [-0.05, 0) is 48.6 Å². The van der Waals surface area contributed by atoms with Crippen LogP contribution in [0.15, 0.2) is 60.7 Å². The molecule has 7 heteroatoms. The van der Waals surface area contributed by atoms with Crippen molar-refractivity contribution in [1.82, 2.24) is 4.90 Å². The van der Waals surface area contributed by atoms with Crippen molar-refractivity contribution in [3.8, 4) is 22.6 Å². The minimum atomic E-state index is -0.640. The first-order valence-corrected chi connectivity index (χ1v) is 11.7. The number of carbonyl (C=O) groups excluding carboxylic acids is 2. The van der Waals surface area contributed by atoms with E-state index < -0.39 is 5.82 Å². The minimum absolute atomic E-state index is 0.0319. The van der Waals surface area contributed by atoms with Crippen LogP contribution in [0.4, 0.5) is 8.78 Å². The molecule has 1 fully saturated rings. The third-order valence-corrected chi connectivity index (χ3v) is 6.56. The topological polar surface area (TPSA) is 55.8 Å². The van der Waals surface area contributed by atoms with Gasteiger partial charge in [0.15, 0.2) is 5.78 Å². The molecule has 0 radical (unpaired) electrons. The number of hydrogen-bond donors (Lipinski definition) is 0. The predicted molar refractivity (Wildman–Crippen MR) is 127 cm³/mol. The number of carbonyl (C=O) groups is 2. The lowest BCUT2D eigenvalue weighted by atomic mass is 9.96. The van der Waals surface area contributed by atoms with E-state index in [0.717, 1.165) is 5.56 Å². The first kappa shape index (κ1) is 23.0. The van der Waals surface area contributed by atoms with Gasteiger partial charge in [-0.2, -0.15) is 0 Å². The monoisotopic (exact) mass is 477 g/mol. The Morgan fingerprint density at radius 1 is 1.03 bits per heavy atom. The summed E-state index contributed by atoms with van der Waals surface area (Å²) in [5.74, 6) is -0.291. The maximum Gasteiger partial charge on any atom is 0.256 e. The average Bonchev–Trinajstić information content (AvgIpc) is 2.88. The van der Waals surface area contributed by atoms with E-state index in [2.05, 4.69) is 0 Å². The molecule has 35 heavy (non-hydrogen) atoms. The SMILES string of the molecule is O=C1COc2cc(F)c(C(=O)N3CCC(COc4ccc(F)cc4-c4ccccc4)CC3)cc2C1. The molecule has 1 saturated heterocycles. The Labute approximate surface area is 202 Å². The first-order chi connectivity index (χ1) is 17.0. The fraction of sp³-hybridized carbons (Fsp3) is 0.286. The summed E-state index contributed by atoms with van der Waals surface area (Å²) in [6.07, 6.45) is 1.56. The quantitative estimate of drug-likeness (QED) is 0.515. The molecular weight excluding hydrogens is 452 g/mol. The molecule has 0 aliphatic carbocycles. The van der Waals surface area contributed by atoms with Crippen molar-refractivity contribution in [1.29, 1.82) is 0 Å². The number of rotatable bonds is 5. The number of Topliss-reactive ketones (excluding diaryl/α,β-unsaturated/α-hetero) is 1. The summed E-state index contributed by atoms with van der Waals surface area (Å²) in [6, 6.07) is 16.7. The van der Waals surface area contributed by atoms with Crippen LogP contribution < -0.4 is 9.47 Å². The van der Waals surface area contributed by atoms with Crippen LogP contribution in [-0.4, -0.2) is 42.9 Å². The zero-order chi connectivity index (χ0) is 24.4. The first-order valence-electron chi connectivity index (χ1n) is 11.7. The van der Waals surface area contributed by atoms with Crippen molar-refractivity contribution < 1.29 is 27.8 Å². The van der Waals surface area contributed by atoms with Gasteiger partial charge in [0.1, 0.15) is 29.7 Å². The van der Waals surface area contributed by atoms with Crippen LogP contribution in [0.3, 0.4) is 0 Å². The van der Waals surface area contributed by atoms with Crippen LogP contribution in [0.5, 0.6) is 11.5 Å². The number of piperidine rings is 1. The summed E-state index contributed by atoms with van der Waals surface area (Å²) in [4.78, 5) is 26.3. The summed E-state index contributed by atoms with van der Waals surface area (Å²) in [5, 5.41) is 0. The third kappa shape index (κ3) is 5.04. The van der Waals surface area contributed by atoms with Gasteiger partial charge < -0.3 is 14.4 Å². The summed E-state index contributed by atoms with van der Waals surface area (Å²) < 4.78 is 39.8. The lowest BCUT2D eigenvalue weighted by molar-refractivity contribution is -0.121. The van der Waals surface area contributed by atoms with Crippen LogP contribution in [0.1, 0.15) is 28.8 Å². The van der Waals surface area contributed by atoms with Gasteiger partial charge in [-0.15, -0.1) is 0 Å². The molecule has 0 bridgehead atoms. The number of hydrogen-bond acceptors (Lipinski definition) is 4. The smallest absolute Gasteiger partial charge is 0.256 e. The number of nitrogens with zero attached hydrogens (tertiary/aromatic N) is 1. The summed E-state index contributed by atoms with van der Waals surface area (Å²) in [7, 11) is 0. The molecule has 0 N–H and O–H groups in total. The summed E-state index contributed by atoms with van der Waals surface area (Å²) in [6.45, 7) is 1.34. The largest absolute Gasteiger partial charge is 0.493 e. The molecule has 3 aromatic rings. The van der Waals surface area contributed by atoms with E-state index in [0.29, 0.717) is 55.2 Å². The maximum absolute atomic E-state index is 14.6. The van der Waals surface area contributed by atoms with E-state index in [9.17, 15) is 18.4 Å². The highest BCUT2D eigenvalue weighted by Gasteiger charge is 2.28. The van der Waals surface area contributed by atoms with Gasteiger partial charge in [-0.1, -0.05) is 30.3 Å². The van der Waals surface area contributed by atoms with E-state index in [1.165, 1.54) is 24.3 Å². The van der Waals surface area contributed by atoms with E-state index in [1.807, 2.05) is 30.3 Å². The molecule has 2 aliphatic rings. The lowest BCUT2D eigenvalue weighted by Crippen LogP contribution is -2.40. The van der Waals surface area contributed by atoms with E-state index in [-0.39, 0.29) is 42.0 Å². The highest BCUT2D eigenvalue weighted by Crippen LogP contribution is 2.32.